The van der Waals surface area contributed by atoms with Crippen molar-refractivity contribution in [1.82, 2.24) is 15.1 Å². The van der Waals surface area contributed by atoms with Gasteiger partial charge in [-0.2, -0.15) is 0 Å². The molecule has 0 unspecified atom stereocenters. The topological polar surface area (TPSA) is 71.1 Å². The molecule has 2 heterocycles. The summed E-state index contributed by atoms with van der Waals surface area (Å²) < 4.78 is 11.5. The predicted molar refractivity (Wildman–Crippen MR) is 79.0 cm³/mol. The highest BCUT2D eigenvalue weighted by atomic mass is 16.6. The zero-order valence-electron chi connectivity index (χ0n) is 12.4. The first-order valence-corrected chi connectivity index (χ1v) is 7.28. The molecule has 0 radical (unpaired) electrons. The number of benzene rings is 1. The van der Waals surface area contributed by atoms with Gasteiger partial charge in [0, 0.05) is 19.6 Å². The van der Waals surface area contributed by atoms with Crippen LogP contribution in [0.5, 0.6) is 11.5 Å². The van der Waals surface area contributed by atoms with E-state index in [1.165, 1.54) is 4.90 Å². The molecule has 118 valence electrons. The van der Waals surface area contributed by atoms with E-state index < -0.39 is 0 Å². The van der Waals surface area contributed by atoms with E-state index >= 15 is 0 Å². The van der Waals surface area contributed by atoms with Gasteiger partial charge < -0.3 is 14.8 Å². The molecule has 0 aromatic heterocycles. The molecule has 1 fully saturated rings. The summed E-state index contributed by atoms with van der Waals surface area (Å²) in [5.74, 6) is 1.26. The molecule has 2 aliphatic rings. The third kappa shape index (κ3) is 3.14. The van der Waals surface area contributed by atoms with Crippen molar-refractivity contribution in [3.05, 3.63) is 24.3 Å². The average molecular weight is 305 g/mol. The Kier molecular flexibility index (Phi) is 4.15. The number of urea groups is 1. The van der Waals surface area contributed by atoms with E-state index in [1.807, 2.05) is 36.2 Å². The Hall–Kier alpha value is -2.28. The minimum atomic E-state index is -0.315. The highest BCUT2D eigenvalue weighted by Gasteiger charge is 2.28. The lowest BCUT2D eigenvalue weighted by Crippen LogP contribution is -2.45. The van der Waals surface area contributed by atoms with Gasteiger partial charge in [-0.3, -0.25) is 14.6 Å². The van der Waals surface area contributed by atoms with E-state index in [0.29, 0.717) is 26.2 Å². The summed E-state index contributed by atoms with van der Waals surface area (Å²) in [5.41, 5.74) is 0. The van der Waals surface area contributed by atoms with Gasteiger partial charge in [-0.25, -0.2) is 4.79 Å². The summed E-state index contributed by atoms with van der Waals surface area (Å²) >= 11 is 0. The third-order valence-electron chi connectivity index (χ3n) is 3.65. The van der Waals surface area contributed by atoms with Crippen molar-refractivity contribution in [2.75, 3.05) is 39.8 Å². The molecule has 0 aliphatic carbocycles. The molecule has 1 aromatic rings. The van der Waals surface area contributed by atoms with E-state index in [2.05, 4.69) is 5.32 Å². The molecule has 1 atom stereocenters. The summed E-state index contributed by atoms with van der Waals surface area (Å²) in [6.45, 7) is 2.12. The summed E-state index contributed by atoms with van der Waals surface area (Å²) in [4.78, 5) is 26.6. The molecule has 1 aromatic carbocycles. The van der Waals surface area contributed by atoms with Gasteiger partial charge in [0.15, 0.2) is 11.5 Å². The summed E-state index contributed by atoms with van der Waals surface area (Å²) in [6, 6.07) is 7.20. The number of para-hydroxylation sites is 2. The number of rotatable bonds is 4. The SMILES string of the molecule is CN(CC(=O)N1CCNC1=O)C[C@@H]1COc2ccccc2O1. The van der Waals surface area contributed by atoms with Crippen molar-refractivity contribution in [1.29, 1.82) is 0 Å². The molecule has 7 heteroatoms. The Morgan fingerprint density at radius 3 is 2.91 bits per heavy atom. The average Bonchev–Trinajstić information content (AvgIpc) is 2.93. The predicted octanol–water partition coefficient (Wildman–Crippen LogP) is 0.310. The summed E-state index contributed by atoms with van der Waals surface area (Å²) in [7, 11) is 1.83. The van der Waals surface area contributed by atoms with Crippen LogP contribution in [0.25, 0.3) is 0 Å². The van der Waals surface area contributed by atoms with Crippen molar-refractivity contribution >= 4 is 11.9 Å². The molecule has 0 bridgehead atoms. The fourth-order valence-electron chi connectivity index (χ4n) is 2.59. The van der Waals surface area contributed by atoms with Crippen LogP contribution in [0.2, 0.25) is 0 Å². The molecule has 1 N–H and O–H groups in total. The smallest absolute Gasteiger partial charge is 0.324 e. The van der Waals surface area contributed by atoms with Gasteiger partial charge in [0.05, 0.1) is 6.54 Å². The highest BCUT2D eigenvalue weighted by molar-refractivity contribution is 5.96. The maximum atomic E-state index is 12.1. The van der Waals surface area contributed by atoms with E-state index in [1.54, 1.807) is 0 Å². The minimum Gasteiger partial charge on any atom is -0.486 e. The standard InChI is InChI=1S/C15H19N3O4/c1-17(9-14(19)18-7-6-16-15(18)20)8-11-10-21-12-4-2-3-5-13(12)22-11/h2-5,11H,6-10H2,1H3,(H,16,20)/t11-/m1/s1. The number of amides is 3. The van der Waals surface area contributed by atoms with E-state index in [4.69, 9.17) is 9.47 Å². The van der Waals surface area contributed by atoms with Crippen LogP contribution >= 0.6 is 0 Å². The van der Waals surface area contributed by atoms with Crippen LogP contribution in [-0.2, 0) is 4.79 Å². The first-order chi connectivity index (χ1) is 10.6. The summed E-state index contributed by atoms with van der Waals surface area (Å²) in [5, 5.41) is 2.62. The number of hydrogen-bond donors (Lipinski definition) is 1. The molecule has 3 amide bonds. The van der Waals surface area contributed by atoms with Crippen molar-refractivity contribution < 1.29 is 19.1 Å². The van der Waals surface area contributed by atoms with Gasteiger partial charge in [0.25, 0.3) is 0 Å². The van der Waals surface area contributed by atoms with Crippen LogP contribution in [0.15, 0.2) is 24.3 Å². The van der Waals surface area contributed by atoms with Gasteiger partial charge in [-0.05, 0) is 19.2 Å². The monoisotopic (exact) mass is 305 g/mol. The second kappa shape index (κ2) is 6.23. The third-order valence-corrected chi connectivity index (χ3v) is 3.65. The van der Waals surface area contributed by atoms with Crippen LogP contribution in [0.4, 0.5) is 4.79 Å². The molecule has 1 saturated heterocycles. The van der Waals surface area contributed by atoms with Crippen molar-refractivity contribution in [3.8, 4) is 11.5 Å². The number of fused-ring (bicyclic) bond motifs is 1. The van der Waals surface area contributed by atoms with Gasteiger partial charge in [-0.1, -0.05) is 12.1 Å². The fraction of sp³-hybridized carbons (Fsp3) is 0.467. The quantitative estimate of drug-likeness (QED) is 0.867. The van der Waals surface area contributed by atoms with Crippen LogP contribution in [0.1, 0.15) is 0 Å². The highest BCUT2D eigenvalue weighted by Crippen LogP contribution is 2.30. The molecular weight excluding hydrogens is 286 g/mol. The second-order valence-corrected chi connectivity index (χ2v) is 5.47. The second-order valence-electron chi connectivity index (χ2n) is 5.47. The first kappa shape index (κ1) is 14.6. The molecule has 2 aliphatic heterocycles. The lowest BCUT2D eigenvalue weighted by atomic mass is 10.2. The van der Waals surface area contributed by atoms with Crippen LogP contribution in [-0.4, -0.2) is 67.7 Å². The number of carbonyl (C=O) groups excluding carboxylic acids is 2. The normalized spacial score (nSPS) is 20.2. The Morgan fingerprint density at radius 1 is 1.41 bits per heavy atom. The number of nitrogens with one attached hydrogen (secondary N) is 1. The molecule has 0 saturated carbocycles. The van der Waals surface area contributed by atoms with E-state index in [-0.39, 0.29) is 24.6 Å². The number of likely N-dealkylation sites (N-methyl/N-ethyl adjacent to an activating group) is 1. The number of imide groups is 1. The first-order valence-electron chi connectivity index (χ1n) is 7.28. The van der Waals surface area contributed by atoms with Crippen LogP contribution < -0.4 is 14.8 Å². The Labute approximate surface area is 128 Å². The van der Waals surface area contributed by atoms with Crippen molar-refractivity contribution in [3.63, 3.8) is 0 Å². The molecule has 3 rings (SSSR count). The molecule has 22 heavy (non-hydrogen) atoms. The van der Waals surface area contributed by atoms with Gasteiger partial charge >= 0.3 is 6.03 Å². The number of hydrogen-bond acceptors (Lipinski definition) is 5. The van der Waals surface area contributed by atoms with Crippen LogP contribution in [0.3, 0.4) is 0 Å². The van der Waals surface area contributed by atoms with Gasteiger partial charge in [-0.15, -0.1) is 0 Å². The van der Waals surface area contributed by atoms with E-state index in [9.17, 15) is 9.59 Å². The molecule has 0 spiro atoms. The molecule has 7 nitrogen and oxygen atoms in total. The lowest BCUT2D eigenvalue weighted by Gasteiger charge is -2.29. The van der Waals surface area contributed by atoms with Crippen LogP contribution in [0, 0.1) is 0 Å². The Bertz CT molecular complexity index is 578. The molecular formula is C15H19N3O4. The van der Waals surface area contributed by atoms with Crippen molar-refractivity contribution in [2.24, 2.45) is 0 Å². The maximum absolute atomic E-state index is 12.1. The zero-order valence-corrected chi connectivity index (χ0v) is 12.4. The van der Waals surface area contributed by atoms with Crippen molar-refractivity contribution in [2.45, 2.75) is 6.10 Å². The number of ether oxygens (including phenoxy) is 2. The zero-order chi connectivity index (χ0) is 15.5. The fourth-order valence-corrected chi connectivity index (χ4v) is 2.59. The Morgan fingerprint density at radius 2 is 2.18 bits per heavy atom. The Balaban J connectivity index is 1.51. The number of nitrogens with zero attached hydrogens (tertiary/aromatic N) is 2. The van der Waals surface area contributed by atoms with E-state index in [0.717, 1.165) is 11.5 Å². The number of carbonyl (C=O) groups is 2. The minimum absolute atomic E-state index is 0.139. The lowest BCUT2D eigenvalue weighted by molar-refractivity contribution is -0.128. The van der Waals surface area contributed by atoms with Gasteiger partial charge in [0.2, 0.25) is 5.91 Å². The largest absolute Gasteiger partial charge is 0.486 e. The van der Waals surface area contributed by atoms with Gasteiger partial charge in [0.1, 0.15) is 12.7 Å². The maximum Gasteiger partial charge on any atom is 0.324 e. The summed E-state index contributed by atoms with van der Waals surface area (Å²) in [6.07, 6.45) is -0.139.